The van der Waals surface area contributed by atoms with Crippen LogP contribution >= 0.6 is 0 Å². The molecule has 6 aromatic carbocycles. The Morgan fingerprint density at radius 3 is 1.56 bits per heavy atom. The lowest BCUT2D eigenvalue weighted by atomic mass is 9.86. The minimum absolute atomic E-state index is 0. The van der Waals surface area contributed by atoms with Crippen LogP contribution in [0.25, 0.3) is 44.2 Å². The van der Waals surface area contributed by atoms with Gasteiger partial charge in [-0.3, -0.25) is 0 Å². The van der Waals surface area contributed by atoms with Gasteiger partial charge in [-0.25, -0.2) is 0 Å². The zero-order valence-electron chi connectivity index (χ0n) is 20.1. The summed E-state index contributed by atoms with van der Waals surface area (Å²) in [5.74, 6) is 0. The number of benzene rings is 6. The van der Waals surface area contributed by atoms with E-state index in [9.17, 15) is 0 Å². The molecule has 0 heterocycles. The van der Waals surface area contributed by atoms with Crippen LogP contribution in [0.15, 0.2) is 146 Å². The molecule has 6 rings (SSSR count). The van der Waals surface area contributed by atoms with Gasteiger partial charge in [0.15, 0.2) is 0 Å². The summed E-state index contributed by atoms with van der Waals surface area (Å²) >= 11 is 0. The minimum Gasteiger partial charge on any atom is -0.354 e. The topological polar surface area (TPSA) is 47.0 Å². The first-order valence-electron chi connectivity index (χ1n) is 12.0. The summed E-state index contributed by atoms with van der Waals surface area (Å²) in [6.45, 7) is 0. The third kappa shape index (κ3) is 4.38. The number of hydrogen-bond donors (Lipinski definition) is 2. The summed E-state index contributed by atoms with van der Waals surface area (Å²) in [4.78, 5) is 0. The van der Waals surface area contributed by atoms with Gasteiger partial charge < -0.3 is 11.5 Å². The number of anilines is 2. The van der Waals surface area contributed by atoms with Crippen LogP contribution in [0.2, 0.25) is 0 Å². The predicted octanol–water partition coefficient (Wildman–Crippen LogP) is 9.75. The van der Waals surface area contributed by atoms with Gasteiger partial charge in [0.05, 0.1) is 0 Å². The molecule has 0 aliphatic rings. The fourth-order valence-corrected chi connectivity index (χ4v) is 4.85. The first-order chi connectivity index (χ1) is 17.4. The van der Waals surface area contributed by atoms with Crippen LogP contribution in [-0.2, 0) is 0 Å². The highest BCUT2D eigenvalue weighted by atomic mass is 14.9. The molecule has 2 nitrogen and oxygen atoms in total. The van der Waals surface area contributed by atoms with Gasteiger partial charge in [-0.1, -0.05) is 133 Å². The van der Waals surface area contributed by atoms with Crippen molar-refractivity contribution in [3.8, 4) is 33.4 Å². The average molecular weight is 465 g/mol. The lowest BCUT2D eigenvalue weighted by Crippen LogP contribution is -1.98. The van der Waals surface area contributed by atoms with Crippen LogP contribution in [0.4, 0.5) is 11.4 Å². The molecule has 2 heteroatoms. The van der Waals surface area contributed by atoms with E-state index in [0.29, 0.717) is 0 Å². The fraction of sp³-hybridized carbons (Fsp3) is 0. The van der Waals surface area contributed by atoms with Gasteiger partial charge in [0.25, 0.3) is 0 Å². The summed E-state index contributed by atoms with van der Waals surface area (Å²) in [5, 5.41) is 6.24. The van der Waals surface area contributed by atoms with Crippen molar-refractivity contribution in [1.29, 1.82) is 0 Å². The Balaban J connectivity index is 0.00000267. The van der Waals surface area contributed by atoms with E-state index in [1.54, 1.807) is 0 Å². The number of nitrogens with one attached hydrogen (secondary N) is 1. The Kier molecular flexibility index (Phi) is 6.61. The lowest BCUT2D eigenvalue weighted by molar-refractivity contribution is 1.52. The molecule has 6 aromatic rings. The molecule has 0 atom stereocenters. The minimum atomic E-state index is 0. The van der Waals surface area contributed by atoms with Crippen molar-refractivity contribution in [2.45, 2.75) is 0 Å². The van der Waals surface area contributed by atoms with Gasteiger partial charge in [-0.05, 0) is 45.3 Å². The molecular weight excluding hydrogens is 436 g/mol. The quantitative estimate of drug-likeness (QED) is 0.267. The maximum absolute atomic E-state index is 3.80. The van der Waals surface area contributed by atoms with Crippen molar-refractivity contribution in [3.63, 3.8) is 0 Å². The zero-order chi connectivity index (χ0) is 23.5. The molecule has 0 fully saturated rings. The van der Waals surface area contributed by atoms with E-state index in [-0.39, 0.29) is 6.15 Å². The largest absolute Gasteiger partial charge is 0.354 e. The molecule has 174 valence electrons. The molecular formula is C34H28N2. The number of rotatable bonds is 5. The molecule has 0 unspecified atom stereocenters. The van der Waals surface area contributed by atoms with Crippen LogP contribution < -0.4 is 11.5 Å². The van der Waals surface area contributed by atoms with E-state index in [2.05, 4.69) is 151 Å². The lowest BCUT2D eigenvalue weighted by Gasteiger charge is -2.21. The van der Waals surface area contributed by atoms with E-state index >= 15 is 0 Å². The Morgan fingerprint density at radius 1 is 0.361 bits per heavy atom. The van der Waals surface area contributed by atoms with Crippen molar-refractivity contribution < 1.29 is 0 Å². The van der Waals surface area contributed by atoms with E-state index in [0.717, 1.165) is 11.4 Å². The summed E-state index contributed by atoms with van der Waals surface area (Å²) in [6.07, 6.45) is 0. The van der Waals surface area contributed by atoms with Crippen molar-refractivity contribution >= 4 is 22.1 Å². The monoisotopic (exact) mass is 464 g/mol. The van der Waals surface area contributed by atoms with Crippen molar-refractivity contribution in [2.75, 3.05) is 5.32 Å². The van der Waals surface area contributed by atoms with Gasteiger partial charge >= 0.3 is 0 Å². The molecule has 0 radical (unpaired) electrons. The van der Waals surface area contributed by atoms with Crippen LogP contribution in [0.3, 0.4) is 0 Å². The third-order valence-corrected chi connectivity index (χ3v) is 6.47. The van der Waals surface area contributed by atoms with Crippen molar-refractivity contribution in [2.24, 2.45) is 0 Å². The summed E-state index contributed by atoms with van der Waals surface area (Å²) in [6, 6.07) is 51.5. The van der Waals surface area contributed by atoms with Gasteiger partial charge in [-0.15, -0.1) is 0 Å². The molecule has 36 heavy (non-hydrogen) atoms. The van der Waals surface area contributed by atoms with Crippen LogP contribution in [0.5, 0.6) is 0 Å². The summed E-state index contributed by atoms with van der Waals surface area (Å²) < 4.78 is 0. The molecule has 0 bridgehead atoms. The highest BCUT2D eigenvalue weighted by molar-refractivity contribution is 6.03. The van der Waals surface area contributed by atoms with E-state index in [4.69, 9.17) is 0 Å². The van der Waals surface area contributed by atoms with Gasteiger partial charge in [-0.2, -0.15) is 0 Å². The van der Waals surface area contributed by atoms with Crippen LogP contribution in [0, 0.1) is 0 Å². The zero-order valence-corrected chi connectivity index (χ0v) is 20.1. The highest BCUT2D eigenvalue weighted by Gasteiger charge is 2.18. The molecule has 0 aromatic heterocycles. The second kappa shape index (κ2) is 10.3. The van der Waals surface area contributed by atoms with E-state index < -0.39 is 0 Å². The normalized spacial score (nSPS) is 10.6. The molecule has 0 spiro atoms. The third-order valence-electron chi connectivity index (χ3n) is 6.47. The van der Waals surface area contributed by atoms with Crippen molar-refractivity contribution in [1.82, 2.24) is 6.15 Å². The predicted molar refractivity (Wildman–Crippen MR) is 155 cm³/mol. The van der Waals surface area contributed by atoms with E-state index in [1.165, 1.54) is 44.2 Å². The second-order valence-electron chi connectivity index (χ2n) is 8.66. The number of hydrogen-bond acceptors (Lipinski definition) is 2. The molecule has 0 aliphatic heterocycles. The highest BCUT2D eigenvalue weighted by Crippen LogP contribution is 2.45. The molecule has 0 aliphatic carbocycles. The SMILES string of the molecule is N.c1ccc(-c2ccc(Nc3cccc4ccccc34)c(-c3ccccc3)c2-c2ccccc2)cc1. The van der Waals surface area contributed by atoms with E-state index in [1.807, 2.05) is 0 Å². The standard InChI is InChI=1S/C34H25N.H3N/c1-4-13-26(14-5-1)30-23-24-32(35-31-22-12-20-25-15-10-11-21-29(25)31)34(28-18-8-3-9-19-28)33(30)27-16-6-2-7-17-27;/h1-24,35H;1H3. The average Bonchev–Trinajstić information content (AvgIpc) is 2.94. The fourth-order valence-electron chi connectivity index (χ4n) is 4.85. The number of fused-ring (bicyclic) bond motifs is 1. The molecule has 4 N–H and O–H groups in total. The Labute approximate surface area is 212 Å². The smallest absolute Gasteiger partial charge is 0.0470 e. The second-order valence-corrected chi connectivity index (χ2v) is 8.66. The molecule has 0 saturated heterocycles. The first kappa shape index (κ1) is 23.1. The van der Waals surface area contributed by atoms with Gasteiger partial charge in [0.1, 0.15) is 0 Å². The van der Waals surface area contributed by atoms with Crippen LogP contribution in [0.1, 0.15) is 0 Å². The Bertz CT molecular complexity index is 1590. The molecule has 0 amide bonds. The van der Waals surface area contributed by atoms with Crippen LogP contribution in [-0.4, -0.2) is 0 Å². The maximum atomic E-state index is 3.80. The summed E-state index contributed by atoms with van der Waals surface area (Å²) in [5.41, 5.74) is 9.44. The Morgan fingerprint density at radius 2 is 0.889 bits per heavy atom. The summed E-state index contributed by atoms with van der Waals surface area (Å²) in [7, 11) is 0. The maximum Gasteiger partial charge on any atom is 0.0470 e. The molecule has 0 saturated carbocycles. The Hall–Kier alpha value is -4.66. The van der Waals surface area contributed by atoms with Crippen molar-refractivity contribution in [3.05, 3.63) is 146 Å². The van der Waals surface area contributed by atoms with Gasteiger partial charge in [0, 0.05) is 22.3 Å². The first-order valence-corrected chi connectivity index (χ1v) is 12.0. The van der Waals surface area contributed by atoms with Gasteiger partial charge in [0.2, 0.25) is 0 Å².